The fourth-order valence-electron chi connectivity index (χ4n) is 5.74. The normalized spacial score (nSPS) is 14.9. The number of aryl methyl sites for hydroxylation is 1. The van der Waals surface area contributed by atoms with Gasteiger partial charge in [0, 0.05) is 50.7 Å². The number of halogens is 2. The Bertz CT molecular complexity index is 1540. The number of para-hydroxylation sites is 2. The Hall–Kier alpha value is -3.57. The van der Waals surface area contributed by atoms with Gasteiger partial charge in [0.25, 0.3) is 5.91 Å². The molecule has 1 fully saturated rings. The summed E-state index contributed by atoms with van der Waals surface area (Å²) < 4.78 is 2.13. The van der Waals surface area contributed by atoms with Crippen LogP contribution in [-0.4, -0.2) is 64.5 Å². The first kappa shape index (κ1) is 29.9. The predicted octanol–water partition coefficient (Wildman–Crippen LogP) is 7.08. The number of amides is 1. The molecule has 1 saturated heterocycles. The lowest BCUT2D eigenvalue weighted by Crippen LogP contribution is -2.40. The average molecular weight is 604 g/mol. The van der Waals surface area contributed by atoms with Crippen LogP contribution in [0.25, 0.3) is 11.0 Å². The first-order chi connectivity index (χ1) is 20.4. The average Bonchev–Trinajstić information content (AvgIpc) is 3.36. The molecule has 9 heteroatoms. The molecule has 0 aliphatic carbocycles. The van der Waals surface area contributed by atoms with Crippen molar-refractivity contribution in [3.05, 3.63) is 94.0 Å². The third-order valence-electron chi connectivity index (χ3n) is 8.09. The summed E-state index contributed by atoms with van der Waals surface area (Å²) in [5.74, 6) is 0.970. The summed E-state index contributed by atoms with van der Waals surface area (Å²) in [5, 5.41) is 13.9. The number of nitrogens with zero attached hydrogens (tertiary/aromatic N) is 5. The zero-order valence-corrected chi connectivity index (χ0v) is 25.4. The minimum atomic E-state index is 0.00772. The molecule has 1 N–H and O–H groups in total. The van der Waals surface area contributed by atoms with Gasteiger partial charge in [-0.1, -0.05) is 59.6 Å². The minimum Gasteiger partial charge on any atom is -0.353 e. The van der Waals surface area contributed by atoms with Gasteiger partial charge in [-0.25, -0.2) is 4.98 Å². The van der Waals surface area contributed by atoms with Crippen LogP contribution < -0.4 is 5.32 Å². The van der Waals surface area contributed by atoms with E-state index >= 15 is 0 Å². The second-order valence-electron chi connectivity index (χ2n) is 11.0. The SMILES string of the molecule is CN(CC(CCN1CCC(Nc2nc3ccccc3n2CCC#N)CC1)c1ccc(Cl)c(Cl)c1)C(=O)c1ccccc1. The number of nitrogens with one attached hydrogen (secondary N) is 1. The van der Waals surface area contributed by atoms with E-state index in [9.17, 15) is 4.79 Å². The van der Waals surface area contributed by atoms with E-state index in [4.69, 9.17) is 33.4 Å². The van der Waals surface area contributed by atoms with E-state index < -0.39 is 0 Å². The molecule has 0 saturated carbocycles. The molecule has 218 valence electrons. The van der Waals surface area contributed by atoms with E-state index in [1.807, 2.05) is 73.8 Å². The van der Waals surface area contributed by atoms with Gasteiger partial charge in [-0.2, -0.15) is 5.26 Å². The number of benzene rings is 3. The first-order valence-electron chi connectivity index (χ1n) is 14.5. The van der Waals surface area contributed by atoms with Gasteiger partial charge >= 0.3 is 0 Å². The Balaban J connectivity index is 1.21. The molecule has 1 aromatic heterocycles. The van der Waals surface area contributed by atoms with Gasteiger partial charge in [0.05, 0.1) is 33.6 Å². The molecule has 1 aliphatic heterocycles. The number of rotatable bonds is 11. The Morgan fingerprint density at radius 2 is 1.79 bits per heavy atom. The Kier molecular flexibility index (Phi) is 10.0. The number of hydrogen-bond acceptors (Lipinski definition) is 5. The Labute approximate surface area is 257 Å². The number of imidazole rings is 1. The molecule has 2 heterocycles. The molecule has 0 spiro atoms. The number of likely N-dealkylation sites (tertiary alicyclic amines) is 1. The summed E-state index contributed by atoms with van der Waals surface area (Å²) in [6, 6.07) is 25.8. The van der Waals surface area contributed by atoms with Crippen molar-refractivity contribution in [1.29, 1.82) is 5.26 Å². The highest BCUT2D eigenvalue weighted by molar-refractivity contribution is 6.42. The fraction of sp³-hybridized carbons (Fsp3) is 0.364. The van der Waals surface area contributed by atoms with E-state index in [1.165, 1.54) is 0 Å². The van der Waals surface area contributed by atoms with Crippen LogP contribution in [0, 0.1) is 11.3 Å². The molecule has 5 rings (SSSR count). The maximum absolute atomic E-state index is 13.1. The van der Waals surface area contributed by atoms with E-state index in [2.05, 4.69) is 26.9 Å². The number of piperidine rings is 1. The van der Waals surface area contributed by atoms with E-state index in [0.29, 0.717) is 41.2 Å². The number of carbonyl (C=O) groups excluding carboxylic acids is 1. The maximum Gasteiger partial charge on any atom is 0.253 e. The van der Waals surface area contributed by atoms with Crippen molar-refractivity contribution in [2.75, 3.05) is 38.5 Å². The molecule has 3 aromatic carbocycles. The summed E-state index contributed by atoms with van der Waals surface area (Å²) in [4.78, 5) is 22.2. The van der Waals surface area contributed by atoms with Gasteiger partial charge in [0.2, 0.25) is 5.95 Å². The zero-order chi connectivity index (χ0) is 29.5. The van der Waals surface area contributed by atoms with Crippen LogP contribution in [0.4, 0.5) is 5.95 Å². The summed E-state index contributed by atoms with van der Waals surface area (Å²) in [6.07, 6.45) is 3.35. The Morgan fingerprint density at radius 3 is 2.52 bits per heavy atom. The van der Waals surface area contributed by atoms with Crippen LogP contribution >= 0.6 is 23.2 Å². The minimum absolute atomic E-state index is 0.00772. The molecule has 42 heavy (non-hydrogen) atoms. The topological polar surface area (TPSA) is 77.2 Å². The number of aromatic nitrogens is 2. The van der Waals surface area contributed by atoms with E-state index in [0.717, 1.165) is 61.4 Å². The van der Waals surface area contributed by atoms with Crippen LogP contribution in [0.3, 0.4) is 0 Å². The number of hydrogen-bond donors (Lipinski definition) is 1. The standard InChI is InChI=1S/C33H36Cl2N6O/c1-39(32(42)24-8-3-2-4-9-24)23-26(25-12-13-28(34)29(35)22-25)14-19-40-20-15-27(16-21-40)37-33-38-30-10-5-6-11-31(30)41(33)18-7-17-36/h2-6,8-13,22,26-27H,7,14-16,18-21,23H2,1H3,(H,37,38). The van der Waals surface area contributed by atoms with Gasteiger partial charge in [-0.3, -0.25) is 4.79 Å². The van der Waals surface area contributed by atoms with Crippen molar-refractivity contribution in [1.82, 2.24) is 19.4 Å². The van der Waals surface area contributed by atoms with Gasteiger partial charge in [-0.05, 0) is 67.8 Å². The smallest absolute Gasteiger partial charge is 0.253 e. The quantitative estimate of drug-likeness (QED) is 0.198. The largest absolute Gasteiger partial charge is 0.353 e. The molecule has 4 aromatic rings. The highest BCUT2D eigenvalue weighted by Gasteiger charge is 2.24. The lowest BCUT2D eigenvalue weighted by atomic mass is 9.94. The highest BCUT2D eigenvalue weighted by Crippen LogP contribution is 2.30. The van der Waals surface area contributed by atoms with Crippen LogP contribution in [0.1, 0.15) is 47.5 Å². The summed E-state index contributed by atoms with van der Waals surface area (Å²) in [5.41, 5.74) is 3.77. The second-order valence-corrected chi connectivity index (χ2v) is 11.8. The highest BCUT2D eigenvalue weighted by atomic mass is 35.5. The van der Waals surface area contributed by atoms with Crippen LogP contribution in [0.2, 0.25) is 10.0 Å². The number of nitriles is 1. The van der Waals surface area contributed by atoms with Crippen LogP contribution in [0.5, 0.6) is 0 Å². The van der Waals surface area contributed by atoms with Crippen molar-refractivity contribution in [3.8, 4) is 6.07 Å². The fourth-order valence-corrected chi connectivity index (χ4v) is 6.05. The van der Waals surface area contributed by atoms with Crippen LogP contribution in [0.15, 0.2) is 72.8 Å². The molecular weight excluding hydrogens is 567 g/mol. The predicted molar refractivity (Wildman–Crippen MR) is 170 cm³/mol. The van der Waals surface area contributed by atoms with Crippen LogP contribution in [-0.2, 0) is 6.54 Å². The maximum atomic E-state index is 13.1. The summed E-state index contributed by atoms with van der Waals surface area (Å²) in [6.45, 7) is 4.08. The number of likely N-dealkylation sites (N-methyl/N-ethyl adjacent to an activating group) is 1. The van der Waals surface area contributed by atoms with Crippen molar-refractivity contribution in [2.24, 2.45) is 0 Å². The van der Waals surface area contributed by atoms with Gasteiger partial charge in [0.15, 0.2) is 0 Å². The first-order valence-corrected chi connectivity index (χ1v) is 15.2. The molecule has 1 unspecified atom stereocenters. The molecule has 1 atom stereocenters. The van der Waals surface area contributed by atoms with Gasteiger partial charge in [-0.15, -0.1) is 0 Å². The molecular formula is C33H36Cl2N6O. The molecule has 1 aliphatic rings. The monoisotopic (exact) mass is 602 g/mol. The lowest BCUT2D eigenvalue weighted by molar-refractivity contribution is 0.0782. The van der Waals surface area contributed by atoms with Crippen molar-refractivity contribution in [3.63, 3.8) is 0 Å². The van der Waals surface area contributed by atoms with E-state index in [1.54, 1.807) is 4.90 Å². The molecule has 1 amide bonds. The van der Waals surface area contributed by atoms with Gasteiger partial charge in [0.1, 0.15) is 0 Å². The zero-order valence-electron chi connectivity index (χ0n) is 23.8. The van der Waals surface area contributed by atoms with Crippen molar-refractivity contribution < 1.29 is 4.79 Å². The molecule has 7 nitrogen and oxygen atoms in total. The van der Waals surface area contributed by atoms with E-state index in [-0.39, 0.29) is 11.8 Å². The summed E-state index contributed by atoms with van der Waals surface area (Å²) >= 11 is 12.6. The third kappa shape index (κ3) is 7.25. The number of carbonyl (C=O) groups is 1. The summed E-state index contributed by atoms with van der Waals surface area (Å²) in [7, 11) is 1.86. The lowest BCUT2D eigenvalue weighted by Gasteiger charge is -2.34. The Morgan fingerprint density at radius 1 is 1.05 bits per heavy atom. The van der Waals surface area contributed by atoms with Crippen molar-refractivity contribution in [2.45, 2.75) is 44.2 Å². The number of fused-ring (bicyclic) bond motifs is 1. The number of anilines is 1. The second kappa shape index (κ2) is 14.1. The molecule has 0 bridgehead atoms. The van der Waals surface area contributed by atoms with Crippen molar-refractivity contribution >= 4 is 46.1 Å². The van der Waals surface area contributed by atoms with Gasteiger partial charge < -0.3 is 19.7 Å². The molecule has 0 radical (unpaired) electrons. The third-order valence-corrected chi connectivity index (χ3v) is 8.83.